The summed E-state index contributed by atoms with van der Waals surface area (Å²) < 4.78 is 5.34. The molecule has 1 fully saturated rings. The third-order valence-corrected chi connectivity index (χ3v) is 2.64. The summed E-state index contributed by atoms with van der Waals surface area (Å²) in [6.45, 7) is 5.51. The number of carbonyl (C=O) groups excluding carboxylic acids is 1. The van der Waals surface area contributed by atoms with Crippen molar-refractivity contribution in [3.05, 3.63) is 0 Å². The molecule has 5 heteroatoms. The molecule has 16 heavy (non-hydrogen) atoms. The van der Waals surface area contributed by atoms with E-state index in [1.54, 1.807) is 11.8 Å². The quantitative estimate of drug-likeness (QED) is 0.772. The number of rotatable bonds is 4. The number of ether oxygens (including phenoxy) is 1. The Bertz CT molecular complexity index is 267. The van der Waals surface area contributed by atoms with E-state index in [1.807, 2.05) is 6.92 Å². The van der Waals surface area contributed by atoms with E-state index in [9.17, 15) is 9.59 Å². The summed E-state index contributed by atoms with van der Waals surface area (Å²) in [5, 5.41) is 8.60. The third-order valence-electron chi connectivity index (χ3n) is 2.64. The average Bonchev–Trinajstić information content (AvgIpc) is 2.16. The number of amides is 1. The van der Waals surface area contributed by atoms with Crippen LogP contribution in [0.5, 0.6) is 0 Å². The molecule has 1 heterocycles. The number of hydrogen-bond donors (Lipinski definition) is 1. The van der Waals surface area contributed by atoms with Gasteiger partial charge in [-0.1, -0.05) is 6.92 Å². The number of hydrogen-bond acceptors (Lipinski definition) is 3. The number of carboxylic acid groups (broad SMARTS) is 1. The molecular weight excluding hydrogens is 210 g/mol. The Balaban J connectivity index is 2.36. The number of nitrogens with zero attached hydrogens (tertiary/aromatic N) is 1. The van der Waals surface area contributed by atoms with Crippen LogP contribution in [0.25, 0.3) is 0 Å². The molecule has 1 amide bonds. The Morgan fingerprint density at radius 2 is 2.19 bits per heavy atom. The van der Waals surface area contributed by atoms with Crippen LogP contribution in [0.4, 0.5) is 0 Å². The zero-order valence-electron chi connectivity index (χ0n) is 9.81. The van der Waals surface area contributed by atoms with Gasteiger partial charge in [-0.15, -0.1) is 0 Å². The smallest absolute Gasteiger partial charge is 0.303 e. The van der Waals surface area contributed by atoms with Crippen molar-refractivity contribution in [1.82, 2.24) is 4.90 Å². The summed E-state index contributed by atoms with van der Waals surface area (Å²) in [7, 11) is 0. The Hall–Kier alpha value is -1.10. The van der Waals surface area contributed by atoms with Crippen molar-refractivity contribution in [3.63, 3.8) is 0 Å². The van der Waals surface area contributed by atoms with Gasteiger partial charge in [-0.2, -0.15) is 0 Å². The molecule has 0 radical (unpaired) electrons. The molecule has 92 valence electrons. The first kappa shape index (κ1) is 13.0. The van der Waals surface area contributed by atoms with Gasteiger partial charge < -0.3 is 14.7 Å². The molecule has 0 aromatic heterocycles. The van der Waals surface area contributed by atoms with Crippen molar-refractivity contribution in [1.29, 1.82) is 0 Å². The maximum Gasteiger partial charge on any atom is 0.303 e. The first-order chi connectivity index (χ1) is 7.49. The normalized spacial score (nSPS) is 22.9. The zero-order chi connectivity index (χ0) is 12.1. The Labute approximate surface area is 95.4 Å². The molecule has 1 aliphatic heterocycles. The molecular formula is C11H19NO4. The highest BCUT2D eigenvalue weighted by molar-refractivity contribution is 5.77. The Kier molecular flexibility index (Phi) is 4.73. The van der Waals surface area contributed by atoms with E-state index in [4.69, 9.17) is 9.84 Å². The van der Waals surface area contributed by atoms with Gasteiger partial charge in [0.25, 0.3) is 0 Å². The monoisotopic (exact) mass is 229 g/mol. The van der Waals surface area contributed by atoms with Crippen molar-refractivity contribution in [3.8, 4) is 0 Å². The van der Waals surface area contributed by atoms with Gasteiger partial charge in [-0.25, -0.2) is 0 Å². The van der Waals surface area contributed by atoms with Crippen LogP contribution in [-0.4, -0.2) is 47.7 Å². The summed E-state index contributed by atoms with van der Waals surface area (Å²) >= 11 is 0. The number of carboxylic acids is 1. The maximum atomic E-state index is 11.8. The van der Waals surface area contributed by atoms with E-state index in [2.05, 4.69) is 0 Å². The first-order valence-electron chi connectivity index (χ1n) is 5.60. The van der Waals surface area contributed by atoms with Crippen molar-refractivity contribution >= 4 is 11.9 Å². The highest BCUT2D eigenvalue weighted by Gasteiger charge is 2.23. The molecule has 1 rings (SSSR count). The Morgan fingerprint density at radius 3 is 2.75 bits per heavy atom. The van der Waals surface area contributed by atoms with Crippen molar-refractivity contribution in [2.75, 3.05) is 19.7 Å². The van der Waals surface area contributed by atoms with E-state index >= 15 is 0 Å². The van der Waals surface area contributed by atoms with E-state index in [0.717, 1.165) is 0 Å². The fourth-order valence-corrected chi connectivity index (χ4v) is 1.84. The lowest BCUT2D eigenvalue weighted by molar-refractivity contribution is -0.141. The maximum absolute atomic E-state index is 11.8. The van der Waals surface area contributed by atoms with Crippen molar-refractivity contribution < 1.29 is 19.4 Å². The highest BCUT2D eigenvalue weighted by Crippen LogP contribution is 2.12. The van der Waals surface area contributed by atoms with Gasteiger partial charge in [0.05, 0.1) is 12.7 Å². The second-order valence-electron chi connectivity index (χ2n) is 4.43. The largest absolute Gasteiger partial charge is 0.481 e. The lowest BCUT2D eigenvalue weighted by Crippen LogP contribution is -2.44. The summed E-state index contributed by atoms with van der Waals surface area (Å²) in [6.07, 6.45) is 0.428. The van der Waals surface area contributed by atoms with Gasteiger partial charge >= 0.3 is 5.97 Å². The van der Waals surface area contributed by atoms with Crippen LogP contribution in [-0.2, 0) is 14.3 Å². The molecule has 0 aliphatic carbocycles. The fraction of sp³-hybridized carbons (Fsp3) is 0.818. The van der Waals surface area contributed by atoms with Gasteiger partial charge in [-0.05, 0) is 12.8 Å². The SMILES string of the molecule is CC(CC(=O)O)CC(=O)N1CCOC(C)C1. The van der Waals surface area contributed by atoms with Crippen LogP contribution in [0.2, 0.25) is 0 Å². The lowest BCUT2D eigenvalue weighted by Gasteiger charge is -2.31. The van der Waals surface area contributed by atoms with Crippen LogP contribution < -0.4 is 0 Å². The van der Waals surface area contributed by atoms with E-state index in [0.29, 0.717) is 26.1 Å². The van der Waals surface area contributed by atoms with Gasteiger partial charge in [0.15, 0.2) is 0 Å². The molecule has 0 aromatic carbocycles. The molecule has 2 unspecified atom stereocenters. The zero-order valence-corrected chi connectivity index (χ0v) is 9.81. The topological polar surface area (TPSA) is 66.8 Å². The standard InChI is InChI=1S/C11H19NO4/c1-8(6-11(14)15)5-10(13)12-3-4-16-9(2)7-12/h8-9H,3-7H2,1-2H3,(H,14,15). The molecule has 1 saturated heterocycles. The summed E-state index contributed by atoms with van der Waals surface area (Å²) in [5.74, 6) is -0.928. The lowest BCUT2D eigenvalue weighted by atomic mass is 10.0. The average molecular weight is 229 g/mol. The van der Waals surface area contributed by atoms with Crippen molar-refractivity contribution in [2.24, 2.45) is 5.92 Å². The van der Waals surface area contributed by atoms with E-state index in [-0.39, 0.29) is 24.3 Å². The molecule has 0 saturated carbocycles. The second kappa shape index (κ2) is 5.84. The summed E-state index contributed by atoms with van der Waals surface area (Å²) in [5.41, 5.74) is 0. The van der Waals surface area contributed by atoms with Gasteiger partial charge in [0.1, 0.15) is 0 Å². The number of morpholine rings is 1. The molecule has 2 atom stereocenters. The van der Waals surface area contributed by atoms with Crippen LogP contribution in [0.3, 0.4) is 0 Å². The van der Waals surface area contributed by atoms with Crippen LogP contribution in [0, 0.1) is 5.92 Å². The molecule has 1 aliphatic rings. The molecule has 0 aromatic rings. The van der Waals surface area contributed by atoms with Gasteiger partial charge in [0.2, 0.25) is 5.91 Å². The first-order valence-corrected chi connectivity index (χ1v) is 5.60. The third kappa shape index (κ3) is 4.18. The van der Waals surface area contributed by atoms with E-state index in [1.165, 1.54) is 0 Å². The van der Waals surface area contributed by atoms with Crippen molar-refractivity contribution in [2.45, 2.75) is 32.8 Å². The molecule has 0 bridgehead atoms. The fourth-order valence-electron chi connectivity index (χ4n) is 1.84. The number of carbonyl (C=O) groups is 2. The highest BCUT2D eigenvalue weighted by atomic mass is 16.5. The van der Waals surface area contributed by atoms with Gasteiger partial charge in [0, 0.05) is 25.9 Å². The predicted octanol–water partition coefficient (Wildman–Crippen LogP) is 0.735. The second-order valence-corrected chi connectivity index (χ2v) is 4.43. The van der Waals surface area contributed by atoms with Gasteiger partial charge in [-0.3, -0.25) is 9.59 Å². The van der Waals surface area contributed by atoms with Crippen LogP contribution in [0.1, 0.15) is 26.7 Å². The Morgan fingerprint density at radius 1 is 1.50 bits per heavy atom. The molecule has 0 spiro atoms. The summed E-state index contributed by atoms with van der Waals surface area (Å²) in [4.78, 5) is 24.0. The van der Waals surface area contributed by atoms with E-state index < -0.39 is 5.97 Å². The van der Waals surface area contributed by atoms with Crippen LogP contribution >= 0.6 is 0 Å². The summed E-state index contributed by atoms with van der Waals surface area (Å²) in [6, 6.07) is 0. The molecule has 5 nitrogen and oxygen atoms in total. The minimum absolute atomic E-state index is 0.0314. The molecule has 1 N–H and O–H groups in total. The predicted molar refractivity (Wildman–Crippen MR) is 58.0 cm³/mol. The minimum atomic E-state index is -0.851. The van der Waals surface area contributed by atoms with Crippen LogP contribution in [0.15, 0.2) is 0 Å². The number of aliphatic carboxylic acids is 1. The minimum Gasteiger partial charge on any atom is -0.481 e.